The summed E-state index contributed by atoms with van der Waals surface area (Å²) in [6.45, 7) is 4.92. The Morgan fingerprint density at radius 3 is 2.83 bits per heavy atom. The van der Waals surface area contributed by atoms with E-state index in [0.717, 1.165) is 12.7 Å². The van der Waals surface area contributed by atoms with Crippen molar-refractivity contribution < 1.29 is 8.81 Å². The number of aromatic nitrogens is 3. The highest BCUT2D eigenvalue weighted by Gasteiger charge is 2.09. The molecule has 2 rings (SSSR count). The predicted molar refractivity (Wildman–Crippen MR) is 64.3 cm³/mol. The number of hydrogen-bond donors (Lipinski definition) is 1. The van der Waals surface area contributed by atoms with Crippen LogP contribution in [0.2, 0.25) is 0 Å². The topological polar surface area (TPSA) is 63.8 Å². The second kappa shape index (κ2) is 5.68. The summed E-state index contributed by atoms with van der Waals surface area (Å²) in [5.74, 6) is 0.471. The lowest BCUT2D eigenvalue weighted by Crippen LogP contribution is -2.25. The normalized spacial score (nSPS) is 11.1. The first-order chi connectivity index (χ1) is 8.65. The van der Waals surface area contributed by atoms with Crippen molar-refractivity contribution in [2.24, 2.45) is 0 Å². The molecule has 18 heavy (non-hydrogen) atoms. The molecule has 0 fully saturated rings. The van der Waals surface area contributed by atoms with Gasteiger partial charge in [-0.05, 0) is 12.1 Å². The molecule has 0 saturated carbocycles. The van der Waals surface area contributed by atoms with Gasteiger partial charge in [0, 0.05) is 19.0 Å². The Kier molecular flexibility index (Phi) is 3.99. The number of hydrogen-bond acceptors (Lipinski definition) is 5. The molecule has 0 spiro atoms. The molecule has 0 aliphatic carbocycles. The van der Waals surface area contributed by atoms with Crippen LogP contribution < -0.4 is 5.32 Å². The van der Waals surface area contributed by atoms with Gasteiger partial charge < -0.3 is 9.73 Å². The van der Waals surface area contributed by atoms with Gasteiger partial charge in [0.2, 0.25) is 5.89 Å². The standard InChI is InChI=1S/C12H15FN4O/c1-8(2)14-6-5-11-16-17-12(18-11)10-4-3-9(13)7-15-10/h3-4,7-8,14H,5-6H2,1-2H3. The van der Waals surface area contributed by atoms with Gasteiger partial charge in [0.1, 0.15) is 11.5 Å². The van der Waals surface area contributed by atoms with Crippen LogP contribution in [-0.2, 0) is 6.42 Å². The van der Waals surface area contributed by atoms with Gasteiger partial charge in [0.25, 0.3) is 5.89 Å². The Labute approximate surface area is 104 Å². The fraction of sp³-hybridized carbons (Fsp3) is 0.417. The van der Waals surface area contributed by atoms with Crippen molar-refractivity contribution in [1.82, 2.24) is 20.5 Å². The molecule has 1 N–H and O–H groups in total. The molecule has 0 aliphatic heterocycles. The van der Waals surface area contributed by atoms with Crippen LogP contribution in [0.25, 0.3) is 11.6 Å². The van der Waals surface area contributed by atoms with Crippen molar-refractivity contribution in [3.63, 3.8) is 0 Å². The summed E-state index contributed by atoms with van der Waals surface area (Å²) in [4.78, 5) is 3.88. The number of rotatable bonds is 5. The fourth-order valence-electron chi connectivity index (χ4n) is 1.43. The van der Waals surface area contributed by atoms with Crippen LogP contribution >= 0.6 is 0 Å². The second-order valence-electron chi connectivity index (χ2n) is 4.22. The minimum Gasteiger partial charge on any atom is -0.419 e. The van der Waals surface area contributed by atoms with E-state index in [1.54, 1.807) is 0 Å². The van der Waals surface area contributed by atoms with E-state index in [1.807, 2.05) is 0 Å². The van der Waals surface area contributed by atoms with Crippen molar-refractivity contribution in [3.8, 4) is 11.6 Å². The zero-order chi connectivity index (χ0) is 13.0. The molecule has 96 valence electrons. The zero-order valence-corrected chi connectivity index (χ0v) is 10.4. The van der Waals surface area contributed by atoms with Crippen molar-refractivity contribution in [2.75, 3.05) is 6.54 Å². The van der Waals surface area contributed by atoms with E-state index < -0.39 is 0 Å². The summed E-state index contributed by atoms with van der Waals surface area (Å²) in [7, 11) is 0. The average molecular weight is 250 g/mol. The lowest BCUT2D eigenvalue weighted by molar-refractivity contribution is 0.483. The Hall–Kier alpha value is -1.82. The quantitative estimate of drug-likeness (QED) is 0.876. The van der Waals surface area contributed by atoms with Crippen LogP contribution in [0, 0.1) is 5.82 Å². The average Bonchev–Trinajstić information content (AvgIpc) is 2.78. The van der Waals surface area contributed by atoms with E-state index in [1.165, 1.54) is 12.1 Å². The molecule has 0 amide bonds. The lowest BCUT2D eigenvalue weighted by atomic mass is 10.3. The van der Waals surface area contributed by atoms with Gasteiger partial charge in [0.05, 0.1) is 6.20 Å². The minimum absolute atomic E-state index is 0.314. The van der Waals surface area contributed by atoms with Crippen LogP contribution in [0.3, 0.4) is 0 Å². The van der Waals surface area contributed by atoms with Gasteiger partial charge in [-0.25, -0.2) is 9.37 Å². The third kappa shape index (κ3) is 3.33. The van der Waals surface area contributed by atoms with Crippen LogP contribution in [0.1, 0.15) is 19.7 Å². The molecule has 2 aromatic heterocycles. The van der Waals surface area contributed by atoms with Gasteiger partial charge in [-0.3, -0.25) is 0 Å². The zero-order valence-electron chi connectivity index (χ0n) is 10.4. The molecule has 0 aromatic carbocycles. The first-order valence-electron chi connectivity index (χ1n) is 5.83. The number of nitrogens with zero attached hydrogens (tertiary/aromatic N) is 3. The van der Waals surface area contributed by atoms with E-state index in [4.69, 9.17) is 4.42 Å². The number of nitrogens with one attached hydrogen (secondary N) is 1. The first kappa shape index (κ1) is 12.6. The van der Waals surface area contributed by atoms with Crippen molar-refractivity contribution in [2.45, 2.75) is 26.3 Å². The molecular weight excluding hydrogens is 235 g/mol. The van der Waals surface area contributed by atoms with Gasteiger partial charge in [-0.1, -0.05) is 13.8 Å². The monoisotopic (exact) mass is 250 g/mol. The summed E-state index contributed by atoms with van der Waals surface area (Å²) in [5.41, 5.74) is 0.479. The molecule has 0 saturated heterocycles. The van der Waals surface area contributed by atoms with Crippen molar-refractivity contribution >= 4 is 0 Å². The Bertz CT molecular complexity index is 495. The van der Waals surface area contributed by atoms with E-state index in [-0.39, 0.29) is 5.82 Å². The molecule has 6 heteroatoms. The number of pyridine rings is 1. The highest BCUT2D eigenvalue weighted by atomic mass is 19.1. The largest absolute Gasteiger partial charge is 0.419 e. The van der Waals surface area contributed by atoms with Crippen molar-refractivity contribution in [1.29, 1.82) is 0 Å². The summed E-state index contributed by atoms with van der Waals surface area (Å²) < 4.78 is 18.2. The molecule has 0 radical (unpaired) electrons. The van der Waals surface area contributed by atoms with Gasteiger partial charge >= 0.3 is 0 Å². The minimum atomic E-state index is -0.389. The maximum absolute atomic E-state index is 12.7. The van der Waals surface area contributed by atoms with E-state index >= 15 is 0 Å². The van der Waals surface area contributed by atoms with E-state index in [2.05, 4.69) is 34.3 Å². The smallest absolute Gasteiger partial charge is 0.266 e. The van der Waals surface area contributed by atoms with Gasteiger partial charge in [0.15, 0.2) is 0 Å². The summed E-state index contributed by atoms with van der Waals surface area (Å²) in [5, 5.41) is 11.1. The Balaban J connectivity index is 1.99. The van der Waals surface area contributed by atoms with Crippen LogP contribution in [0.5, 0.6) is 0 Å². The second-order valence-corrected chi connectivity index (χ2v) is 4.22. The third-order valence-corrected chi connectivity index (χ3v) is 2.30. The Morgan fingerprint density at radius 2 is 2.17 bits per heavy atom. The molecule has 2 aromatic rings. The maximum atomic E-state index is 12.7. The van der Waals surface area contributed by atoms with Gasteiger partial charge in [-0.2, -0.15) is 0 Å². The molecule has 0 unspecified atom stereocenters. The molecule has 0 atom stereocenters. The summed E-state index contributed by atoms with van der Waals surface area (Å²) in [6, 6.07) is 3.25. The van der Waals surface area contributed by atoms with Crippen LogP contribution in [0.4, 0.5) is 4.39 Å². The van der Waals surface area contributed by atoms with Gasteiger partial charge in [-0.15, -0.1) is 10.2 Å². The molecule has 0 bridgehead atoms. The summed E-state index contributed by atoms with van der Waals surface area (Å²) >= 11 is 0. The molecule has 2 heterocycles. The maximum Gasteiger partial charge on any atom is 0.266 e. The Morgan fingerprint density at radius 1 is 1.33 bits per heavy atom. The summed E-state index contributed by atoms with van der Waals surface area (Å²) in [6.07, 6.45) is 1.78. The molecule has 5 nitrogen and oxygen atoms in total. The first-order valence-corrected chi connectivity index (χ1v) is 5.83. The lowest BCUT2D eigenvalue weighted by Gasteiger charge is -2.04. The molecular formula is C12H15FN4O. The van der Waals surface area contributed by atoms with E-state index in [9.17, 15) is 4.39 Å². The third-order valence-electron chi connectivity index (χ3n) is 2.30. The van der Waals surface area contributed by atoms with E-state index in [0.29, 0.717) is 29.9 Å². The fourth-order valence-corrected chi connectivity index (χ4v) is 1.43. The highest BCUT2D eigenvalue weighted by Crippen LogP contribution is 2.15. The van der Waals surface area contributed by atoms with Crippen molar-refractivity contribution in [3.05, 3.63) is 30.0 Å². The number of halogens is 1. The SMILES string of the molecule is CC(C)NCCc1nnc(-c2ccc(F)cn2)o1. The van der Waals surface area contributed by atoms with Crippen LogP contribution in [-0.4, -0.2) is 27.8 Å². The predicted octanol–water partition coefficient (Wildman–Crippen LogP) is 1.81. The highest BCUT2D eigenvalue weighted by molar-refractivity contribution is 5.45. The molecule has 0 aliphatic rings. The van der Waals surface area contributed by atoms with Crippen LogP contribution in [0.15, 0.2) is 22.7 Å².